The van der Waals surface area contributed by atoms with Crippen LogP contribution >= 0.6 is 0 Å². The molecular weight excluding hydrogens is 628 g/mol. The Balaban J connectivity index is 0.000000317. The molecule has 44 heavy (non-hydrogen) atoms. The van der Waals surface area contributed by atoms with Crippen molar-refractivity contribution in [3.63, 3.8) is 0 Å². The molecule has 12 nitrogen and oxygen atoms in total. The van der Waals surface area contributed by atoms with E-state index in [2.05, 4.69) is 15.3 Å². The number of pyridine rings is 1. The number of nitrogens with one attached hydrogen (secondary N) is 1. The number of para-hydroxylation sites is 1. The van der Waals surface area contributed by atoms with Gasteiger partial charge in [-0.2, -0.15) is 30.6 Å². The maximum absolute atomic E-state index is 13.3. The van der Waals surface area contributed by atoms with Crippen molar-refractivity contribution in [2.24, 2.45) is 5.92 Å². The summed E-state index contributed by atoms with van der Waals surface area (Å²) >= 11 is 0. The molecule has 238 valence electrons. The Labute approximate surface area is 245 Å². The van der Waals surface area contributed by atoms with Crippen molar-refractivity contribution < 1.29 is 59.4 Å². The summed E-state index contributed by atoms with van der Waals surface area (Å²) in [6.07, 6.45) is -3.21. The van der Waals surface area contributed by atoms with Gasteiger partial charge in [-0.3, -0.25) is 14.3 Å². The minimum atomic E-state index is -5.08. The number of carbonyl (C=O) groups excluding carboxylic acids is 1. The number of nitrogens with zero attached hydrogens (tertiary/aromatic N) is 4. The number of aliphatic carboxylic acids is 2. The third-order valence-corrected chi connectivity index (χ3v) is 7.83. The monoisotopic (exact) mass is 651 g/mol. The highest BCUT2D eigenvalue weighted by atomic mass is 32.2. The molecule has 1 saturated carbocycles. The zero-order valence-corrected chi connectivity index (χ0v) is 23.0. The van der Waals surface area contributed by atoms with Crippen molar-refractivity contribution in [1.82, 2.24) is 24.2 Å². The number of rotatable bonds is 5. The first-order valence-electron chi connectivity index (χ1n) is 12.4. The molecule has 0 bridgehead atoms. The van der Waals surface area contributed by atoms with Gasteiger partial charge in [0.2, 0.25) is 10.0 Å². The third kappa shape index (κ3) is 8.75. The van der Waals surface area contributed by atoms with Crippen molar-refractivity contribution in [3.8, 4) is 5.69 Å². The van der Waals surface area contributed by atoms with Gasteiger partial charge in [0, 0.05) is 25.5 Å². The number of alkyl halides is 6. The quantitative estimate of drug-likeness (QED) is 0.350. The SMILES string of the molecule is O=C(NCc1cccnc1)c1ncn2c1CN(CC1CC1)S(=O)(=O)c1ccccc1-2.O=C(O)C(F)(F)F.O=C(O)C(F)(F)F. The van der Waals surface area contributed by atoms with Crippen molar-refractivity contribution in [2.45, 2.75) is 43.2 Å². The average molecular weight is 652 g/mol. The van der Waals surface area contributed by atoms with Gasteiger partial charge in [0.25, 0.3) is 5.91 Å². The summed E-state index contributed by atoms with van der Waals surface area (Å²) in [6, 6.07) is 10.5. The van der Waals surface area contributed by atoms with Gasteiger partial charge in [0.05, 0.1) is 17.9 Å². The lowest BCUT2D eigenvalue weighted by Crippen LogP contribution is -2.33. The van der Waals surface area contributed by atoms with Crippen LogP contribution in [-0.4, -0.2) is 74.2 Å². The maximum Gasteiger partial charge on any atom is 0.490 e. The highest BCUT2D eigenvalue weighted by molar-refractivity contribution is 7.89. The number of sulfonamides is 1. The maximum atomic E-state index is 13.3. The van der Waals surface area contributed by atoms with Crippen molar-refractivity contribution >= 4 is 27.9 Å². The molecule has 5 rings (SSSR count). The molecule has 1 fully saturated rings. The van der Waals surface area contributed by atoms with Crippen LogP contribution in [0.3, 0.4) is 0 Å². The van der Waals surface area contributed by atoms with Crippen LogP contribution in [0, 0.1) is 5.92 Å². The fourth-order valence-electron chi connectivity index (χ4n) is 3.71. The molecule has 1 aliphatic carbocycles. The van der Waals surface area contributed by atoms with Gasteiger partial charge in [0.15, 0.2) is 5.69 Å². The number of carboxylic acids is 2. The van der Waals surface area contributed by atoms with Crippen LogP contribution in [0.4, 0.5) is 26.3 Å². The molecule has 0 radical (unpaired) electrons. The Bertz CT molecular complexity index is 1580. The van der Waals surface area contributed by atoms with E-state index in [4.69, 9.17) is 19.8 Å². The molecule has 0 saturated heterocycles. The number of carbonyl (C=O) groups is 3. The van der Waals surface area contributed by atoms with E-state index >= 15 is 0 Å². The highest BCUT2D eigenvalue weighted by Gasteiger charge is 2.39. The summed E-state index contributed by atoms with van der Waals surface area (Å²) in [4.78, 5) is 39.3. The van der Waals surface area contributed by atoms with Crippen LogP contribution in [0.1, 0.15) is 34.6 Å². The largest absolute Gasteiger partial charge is 0.490 e. The molecule has 3 N–H and O–H groups in total. The molecule has 0 atom stereocenters. The van der Waals surface area contributed by atoms with Crippen LogP contribution in [0.5, 0.6) is 0 Å². The predicted molar refractivity (Wildman–Crippen MR) is 137 cm³/mol. The second-order valence-electron chi connectivity index (χ2n) is 9.27. The van der Waals surface area contributed by atoms with E-state index in [0.717, 1.165) is 18.4 Å². The number of hydrogen-bond donors (Lipinski definition) is 3. The lowest BCUT2D eigenvalue weighted by molar-refractivity contribution is -0.193. The van der Waals surface area contributed by atoms with Crippen molar-refractivity contribution in [3.05, 3.63) is 72.1 Å². The molecule has 2 aromatic heterocycles. The lowest BCUT2D eigenvalue weighted by atomic mass is 10.2. The zero-order chi connectivity index (χ0) is 32.9. The highest BCUT2D eigenvalue weighted by Crippen LogP contribution is 2.36. The van der Waals surface area contributed by atoms with E-state index in [0.29, 0.717) is 30.4 Å². The molecule has 3 aromatic rings. The summed E-state index contributed by atoms with van der Waals surface area (Å²) in [5.74, 6) is -5.47. The van der Waals surface area contributed by atoms with E-state index in [1.807, 2.05) is 12.1 Å². The number of fused-ring (bicyclic) bond motifs is 3. The first-order valence-corrected chi connectivity index (χ1v) is 13.8. The summed E-state index contributed by atoms with van der Waals surface area (Å²) in [7, 11) is -3.66. The molecule has 1 amide bonds. The number of aromatic nitrogens is 3. The Morgan fingerprint density at radius 1 is 0.955 bits per heavy atom. The third-order valence-electron chi connectivity index (χ3n) is 5.97. The second-order valence-corrected chi connectivity index (χ2v) is 11.2. The fourth-order valence-corrected chi connectivity index (χ4v) is 5.37. The average Bonchev–Trinajstić information content (AvgIpc) is 3.69. The number of carboxylic acid groups (broad SMARTS) is 2. The first-order chi connectivity index (χ1) is 20.4. The number of imidazole rings is 1. The molecule has 1 aromatic carbocycles. The molecule has 2 aliphatic rings. The van der Waals surface area contributed by atoms with E-state index in [1.54, 1.807) is 41.2 Å². The second kappa shape index (κ2) is 13.4. The Morgan fingerprint density at radius 3 is 2.07 bits per heavy atom. The van der Waals surface area contributed by atoms with Crippen LogP contribution in [0.25, 0.3) is 5.69 Å². The molecule has 0 unspecified atom stereocenters. The number of halogens is 6. The van der Waals surface area contributed by atoms with Gasteiger partial charge >= 0.3 is 24.3 Å². The van der Waals surface area contributed by atoms with E-state index in [-0.39, 0.29) is 23.0 Å². The Kier molecular flexibility index (Phi) is 10.4. The lowest BCUT2D eigenvalue weighted by Gasteiger charge is -2.20. The van der Waals surface area contributed by atoms with Gasteiger partial charge in [0.1, 0.15) is 11.2 Å². The molecule has 3 heterocycles. The van der Waals surface area contributed by atoms with Gasteiger partial charge in [-0.25, -0.2) is 23.0 Å². The smallest absolute Gasteiger partial charge is 0.475 e. The Morgan fingerprint density at radius 2 is 1.55 bits per heavy atom. The number of hydrogen-bond acceptors (Lipinski definition) is 7. The summed E-state index contributed by atoms with van der Waals surface area (Å²) in [5.41, 5.74) is 2.21. The predicted octanol–water partition coefficient (Wildman–Crippen LogP) is 3.38. The molecule has 19 heteroatoms. The van der Waals surface area contributed by atoms with Crippen LogP contribution in [0.15, 0.2) is 60.0 Å². The van der Waals surface area contributed by atoms with Gasteiger partial charge in [-0.1, -0.05) is 18.2 Å². The minimum Gasteiger partial charge on any atom is -0.475 e. The van der Waals surface area contributed by atoms with Crippen molar-refractivity contribution in [2.75, 3.05) is 6.54 Å². The van der Waals surface area contributed by atoms with E-state index in [1.165, 1.54) is 10.6 Å². The normalized spacial score (nSPS) is 15.6. The fraction of sp³-hybridized carbons (Fsp3) is 0.320. The Hall–Kier alpha value is -4.52. The van der Waals surface area contributed by atoms with Crippen LogP contribution < -0.4 is 5.32 Å². The number of benzene rings is 1. The molecule has 1 aliphatic heterocycles. The summed E-state index contributed by atoms with van der Waals surface area (Å²) in [6.45, 7) is 0.890. The van der Waals surface area contributed by atoms with Gasteiger partial charge < -0.3 is 15.5 Å². The van der Waals surface area contributed by atoms with Gasteiger partial charge in [-0.15, -0.1) is 0 Å². The topological polar surface area (TPSA) is 172 Å². The summed E-state index contributed by atoms with van der Waals surface area (Å²) in [5, 5.41) is 17.1. The first kappa shape index (κ1) is 34.0. The van der Waals surface area contributed by atoms with Crippen LogP contribution in [0.2, 0.25) is 0 Å². The standard InChI is InChI=1S/C21H21N5O3S.2C2HF3O2/c27-21(23-11-16-4-3-9-22-10-16)20-18-13-25(12-15-7-8-15)30(28,29)19-6-2-1-5-17(19)26(18)14-24-20;2*3-2(4,5)1(6)7/h1-6,9-10,14-15H,7-8,11-13H2,(H,23,27);2*(H,6,7). The van der Waals surface area contributed by atoms with Crippen molar-refractivity contribution in [1.29, 1.82) is 0 Å². The van der Waals surface area contributed by atoms with E-state index < -0.39 is 34.3 Å². The number of amides is 1. The van der Waals surface area contributed by atoms with Gasteiger partial charge in [-0.05, 0) is 42.5 Å². The summed E-state index contributed by atoms with van der Waals surface area (Å²) < 4.78 is 93.3. The minimum absolute atomic E-state index is 0.114. The molecule has 0 spiro atoms. The van der Waals surface area contributed by atoms with Crippen LogP contribution in [-0.2, 0) is 32.7 Å². The van der Waals surface area contributed by atoms with E-state index in [9.17, 15) is 39.6 Å². The molecular formula is C25H23F6N5O7S. The zero-order valence-electron chi connectivity index (χ0n) is 22.2.